The number of allylic oxidation sites excluding steroid dienone is 1. The van der Waals surface area contributed by atoms with Crippen LogP contribution in [0.25, 0.3) is 6.08 Å². The SMILES string of the molecule is CC(C)=C[C@H]1C/C(=C\CO[C@H]2O[C@@H](COC(=O)/C=C/c3ccc(O)cc3)[C@H](O)[C@@H](O)[C@@H]2O)C(=O)O1. The van der Waals surface area contributed by atoms with Crippen molar-refractivity contribution in [3.8, 4) is 5.75 Å². The van der Waals surface area contributed by atoms with E-state index in [0.717, 1.165) is 11.6 Å². The van der Waals surface area contributed by atoms with E-state index < -0.39 is 49.3 Å². The summed E-state index contributed by atoms with van der Waals surface area (Å²) in [6.45, 7) is 3.29. The number of hydrogen-bond donors (Lipinski definition) is 4. The van der Waals surface area contributed by atoms with E-state index in [1.54, 1.807) is 12.1 Å². The lowest BCUT2D eigenvalue weighted by atomic mass is 9.99. The van der Waals surface area contributed by atoms with Crippen molar-refractivity contribution in [3.63, 3.8) is 0 Å². The highest BCUT2D eigenvalue weighted by Crippen LogP contribution is 2.25. The molecule has 0 bridgehead atoms. The van der Waals surface area contributed by atoms with Gasteiger partial charge >= 0.3 is 11.9 Å². The Balaban J connectivity index is 1.52. The standard InChI is InChI=1S/C25H30O10/c1-14(2)11-18-12-16(24(31)34-18)9-10-32-25-23(30)22(29)21(28)19(35-25)13-33-20(27)8-5-15-3-6-17(26)7-4-15/h3-9,11,18-19,21-23,25-26,28-30H,10,12-13H2,1-2H3/b8-5+,16-9+/t18-,19-,21-,22+,23-,25-/m0/s1. The number of ether oxygens (including phenoxy) is 4. The van der Waals surface area contributed by atoms with Gasteiger partial charge in [-0.25, -0.2) is 9.59 Å². The minimum atomic E-state index is -1.60. The topological polar surface area (TPSA) is 152 Å². The number of cyclic esters (lactones) is 1. The van der Waals surface area contributed by atoms with E-state index in [0.29, 0.717) is 17.6 Å². The lowest BCUT2D eigenvalue weighted by Gasteiger charge is -2.39. The van der Waals surface area contributed by atoms with Gasteiger partial charge < -0.3 is 39.4 Å². The molecule has 10 nitrogen and oxygen atoms in total. The molecule has 2 fully saturated rings. The second kappa shape index (κ2) is 12.1. The summed E-state index contributed by atoms with van der Waals surface area (Å²) in [4.78, 5) is 24.0. The number of phenolic OH excluding ortho intramolecular Hbond substituents is 1. The van der Waals surface area contributed by atoms with Gasteiger partial charge in [0.05, 0.1) is 6.61 Å². The molecule has 0 saturated carbocycles. The predicted octanol–water partition coefficient (Wildman–Crippen LogP) is 0.981. The minimum absolute atomic E-state index is 0.0953. The monoisotopic (exact) mass is 490 g/mol. The van der Waals surface area contributed by atoms with Gasteiger partial charge in [-0.05, 0) is 49.8 Å². The summed E-state index contributed by atoms with van der Waals surface area (Å²) in [5.41, 5.74) is 2.10. The zero-order chi connectivity index (χ0) is 25.5. The normalized spacial score (nSPS) is 29.9. The summed E-state index contributed by atoms with van der Waals surface area (Å²) in [7, 11) is 0. The van der Waals surface area contributed by atoms with Crippen molar-refractivity contribution in [3.05, 3.63) is 59.2 Å². The quantitative estimate of drug-likeness (QED) is 0.236. The zero-order valence-electron chi connectivity index (χ0n) is 19.4. The largest absolute Gasteiger partial charge is 0.508 e. The summed E-state index contributed by atoms with van der Waals surface area (Å²) in [6.07, 6.45) is -1.11. The average Bonchev–Trinajstić information content (AvgIpc) is 3.15. The van der Waals surface area contributed by atoms with Crippen LogP contribution in [0, 0.1) is 0 Å². The number of aromatic hydroxyl groups is 1. The van der Waals surface area contributed by atoms with Crippen LogP contribution in [0.15, 0.2) is 53.6 Å². The first-order chi connectivity index (χ1) is 16.6. The molecule has 2 aliphatic heterocycles. The smallest absolute Gasteiger partial charge is 0.334 e. The van der Waals surface area contributed by atoms with Gasteiger partial charge in [0.15, 0.2) is 6.29 Å². The van der Waals surface area contributed by atoms with Crippen LogP contribution in [0.1, 0.15) is 25.8 Å². The van der Waals surface area contributed by atoms with Crippen molar-refractivity contribution in [2.45, 2.75) is 57.1 Å². The summed E-state index contributed by atoms with van der Waals surface area (Å²) < 4.78 is 21.3. The van der Waals surface area contributed by atoms with E-state index in [-0.39, 0.29) is 18.5 Å². The number of aliphatic hydroxyl groups is 3. The van der Waals surface area contributed by atoms with Crippen molar-refractivity contribution < 1.29 is 49.0 Å². The highest BCUT2D eigenvalue weighted by Gasteiger charge is 2.44. The number of carbonyl (C=O) groups is 2. The molecule has 0 unspecified atom stereocenters. The molecule has 0 radical (unpaired) electrons. The lowest BCUT2D eigenvalue weighted by Crippen LogP contribution is -2.59. The van der Waals surface area contributed by atoms with Gasteiger partial charge in [0.25, 0.3) is 0 Å². The summed E-state index contributed by atoms with van der Waals surface area (Å²) >= 11 is 0. The van der Waals surface area contributed by atoms with E-state index in [9.17, 15) is 30.0 Å². The Kier molecular flexibility index (Phi) is 9.19. The highest BCUT2D eigenvalue weighted by molar-refractivity contribution is 5.91. The molecule has 3 rings (SSSR count). The van der Waals surface area contributed by atoms with Crippen molar-refractivity contribution in [1.29, 1.82) is 0 Å². The molecule has 0 amide bonds. The van der Waals surface area contributed by atoms with Gasteiger partial charge in [0.2, 0.25) is 0 Å². The average molecular weight is 491 g/mol. The molecule has 0 aromatic heterocycles. The number of carbonyl (C=O) groups excluding carboxylic acids is 2. The third kappa shape index (κ3) is 7.48. The fourth-order valence-corrected chi connectivity index (χ4v) is 3.58. The van der Waals surface area contributed by atoms with Gasteiger partial charge in [-0.15, -0.1) is 0 Å². The van der Waals surface area contributed by atoms with Crippen molar-refractivity contribution in [1.82, 2.24) is 0 Å². The van der Waals surface area contributed by atoms with E-state index in [1.807, 2.05) is 19.9 Å². The number of hydrogen-bond acceptors (Lipinski definition) is 10. The van der Waals surface area contributed by atoms with E-state index in [2.05, 4.69) is 0 Å². The molecule has 2 heterocycles. The summed E-state index contributed by atoms with van der Waals surface area (Å²) in [6, 6.07) is 6.15. The molecule has 0 aliphatic carbocycles. The third-order valence-corrected chi connectivity index (χ3v) is 5.41. The van der Waals surface area contributed by atoms with Gasteiger partial charge in [-0.1, -0.05) is 17.7 Å². The van der Waals surface area contributed by atoms with Crippen molar-refractivity contribution in [2.24, 2.45) is 0 Å². The number of benzene rings is 1. The molecule has 6 atom stereocenters. The molecular weight excluding hydrogens is 460 g/mol. The molecule has 10 heteroatoms. The molecule has 2 aliphatic rings. The molecule has 35 heavy (non-hydrogen) atoms. The Morgan fingerprint density at radius 1 is 1.11 bits per heavy atom. The maximum atomic E-state index is 12.0. The fraction of sp³-hybridized carbons (Fsp3) is 0.440. The highest BCUT2D eigenvalue weighted by atomic mass is 16.7. The lowest BCUT2D eigenvalue weighted by molar-refractivity contribution is -0.299. The van der Waals surface area contributed by atoms with Crippen molar-refractivity contribution >= 4 is 18.0 Å². The Labute approximate surface area is 202 Å². The summed E-state index contributed by atoms with van der Waals surface area (Å²) in [5.74, 6) is -1.08. The maximum absolute atomic E-state index is 12.0. The Hall–Kier alpha value is -3.02. The van der Waals surface area contributed by atoms with Crippen LogP contribution in [-0.4, -0.2) is 82.4 Å². The molecular formula is C25H30O10. The Morgan fingerprint density at radius 3 is 2.51 bits per heavy atom. The molecule has 1 aromatic carbocycles. The van der Waals surface area contributed by atoms with Gasteiger partial charge in [0.1, 0.15) is 42.9 Å². The number of phenols is 1. The van der Waals surface area contributed by atoms with E-state index in [4.69, 9.17) is 18.9 Å². The van der Waals surface area contributed by atoms with Crippen LogP contribution < -0.4 is 0 Å². The van der Waals surface area contributed by atoms with Gasteiger partial charge in [0, 0.05) is 18.1 Å². The zero-order valence-corrected chi connectivity index (χ0v) is 19.4. The van der Waals surface area contributed by atoms with Crippen LogP contribution in [0.2, 0.25) is 0 Å². The van der Waals surface area contributed by atoms with Gasteiger partial charge in [-0.2, -0.15) is 0 Å². The summed E-state index contributed by atoms with van der Waals surface area (Å²) in [5, 5.41) is 39.9. The van der Waals surface area contributed by atoms with Crippen LogP contribution >= 0.6 is 0 Å². The number of esters is 2. The number of rotatable bonds is 8. The fourth-order valence-electron chi connectivity index (χ4n) is 3.58. The first-order valence-corrected chi connectivity index (χ1v) is 11.1. The maximum Gasteiger partial charge on any atom is 0.334 e. The van der Waals surface area contributed by atoms with Crippen molar-refractivity contribution in [2.75, 3.05) is 13.2 Å². The second-order valence-electron chi connectivity index (χ2n) is 8.52. The van der Waals surface area contributed by atoms with Crippen LogP contribution in [-0.2, 0) is 28.5 Å². The van der Waals surface area contributed by atoms with Crippen LogP contribution in [0.3, 0.4) is 0 Å². The minimum Gasteiger partial charge on any atom is -0.508 e. The second-order valence-corrected chi connectivity index (χ2v) is 8.52. The molecule has 1 aromatic rings. The van der Waals surface area contributed by atoms with E-state index >= 15 is 0 Å². The van der Waals surface area contributed by atoms with E-state index in [1.165, 1.54) is 24.3 Å². The first kappa shape index (κ1) is 26.6. The Morgan fingerprint density at radius 2 is 1.83 bits per heavy atom. The molecule has 2 saturated heterocycles. The first-order valence-electron chi connectivity index (χ1n) is 11.1. The molecule has 0 spiro atoms. The predicted molar refractivity (Wildman–Crippen MR) is 123 cm³/mol. The van der Waals surface area contributed by atoms with Crippen LogP contribution in [0.4, 0.5) is 0 Å². The van der Waals surface area contributed by atoms with Gasteiger partial charge in [-0.3, -0.25) is 0 Å². The third-order valence-electron chi connectivity index (χ3n) is 5.41. The molecule has 190 valence electrons. The number of aliphatic hydroxyl groups excluding tert-OH is 3. The Bertz CT molecular complexity index is 976. The van der Waals surface area contributed by atoms with Crippen LogP contribution in [0.5, 0.6) is 5.75 Å². The molecule has 4 N–H and O–H groups in total.